The molecule has 1 heterocycles. The van der Waals surface area contributed by atoms with Crippen molar-refractivity contribution >= 4 is 42.2 Å². The van der Waals surface area contributed by atoms with E-state index in [4.69, 9.17) is 0 Å². The van der Waals surface area contributed by atoms with Crippen LogP contribution in [0.4, 0.5) is 11.4 Å². The lowest BCUT2D eigenvalue weighted by molar-refractivity contribution is 0.271. The summed E-state index contributed by atoms with van der Waals surface area (Å²) in [6.45, 7) is 7.82. The van der Waals surface area contributed by atoms with E-state index in [0.717, 1.165) is 36.0 Å². The summed E-state index contributed by atoms with van der Waals surface area (Å²) in [6, 6.07) is 26.0. The van der Waals surface area contributed by atoms with Gasteiger partial charge in [0, 0.05) is 32.2 Å². The normalized spacial score (nSPS) is 15.7. The van der Waals surface area contributed by atoms with Gasteiger partial charge in [0.25, 0.3) is 10.0 Å². The third-order valence-electron chi connectivity index (χ3n) is 7.32. The van der Waals surface area contributed by atoms with Gasteiger partial charge in [0.05, 0.1) is 16.3 Å². The maximum atomic E-state index is 13.8. The molecule has 0 bridgehead atoms. The molecule has 0 saturated carbocycles. The van der Waals surface area contributed by atoms with E-state index < -0.39 is 26.1 Å². The number of rotatable bonds is 9. The average Bonchev–Trinajstić information content (AvgIpc) is 2.97. The molecule has 2 N–H and O–H groups in total. The fourth-order valence-corrected chi connectivity index (χ4v) is 7.58. The maximum absolute atomic E-state index is 13.8. The van der Waals surface area contributed by atoms with Gasteiger partial charge in [0.1, 0.15) is 4.90 Å². The lowest BCUT2D eigenvalue weighted by Crippen LogP contribution is -2.46. The Balaban J connectivity index is 1.49. The van der Waals surface area contributed by atoms with Crippen molar-refractivity contribution in [2.24, 2.45) is 0 Å². The highest BCUT2D eigenvalue weighted by Gasteiger charge is 2.27. The Morgan fingerprint density at radius 2 is 1.43 bits per heavy atom. The average molecular weight is 579 g/mol. The minimum atomic E-state index is -4.02. The van der Waals surface area contributed by atoms with E-state index in [1.807, 2.05) is 54.6 Å². The standard InChI is InChI=1S/C30H34N4O4S2/c1-3-33-17-19-34(20-18-33)29-16-14-27(22-30(29)40(37,38)31-23(2)24-9-5-4-6-10-24)32-39(35,36)28-15-13-25-11-7-8-12-26(25)21-28/h4-16,21-23,31-32H,3,17-20H2,1-2H3/t23-/m1/s1. The second kappa shape index (κ2) is 11.6. The zero-order valence-electron chi connectivity index (χ0n) is 22.6. The smallest absolute Gasteiger partial charge is 0.261 e. The molecular formula is C30H34N4O4S2. The summed E-state index contributed by atoms with van der Waals surface area (Å²) in [4.78, 5) is 4.51. The monoisotopic (exact) mass is 578 g/mol. The number of hydrogen-bond acceptors (Lipinski definition) is 6. The zero-order chi connectivity index (χ0) is 28.3. The maximum Gasteiger partial charge on any atom is 0.261 e. The highest BCUT2D eigenvalue weighted by atomic mass is 32.2. The van der Waals surface area contributed by atoms with Gasteiger partial charge in [-0.15, -0.1) is 0 Å². The highest BCUT2D eigenvalue weighted by molar-refractivity contribution is 7.92. The van der Waals surface area contributed by atoms with Crippen LogP contribution in [0, 0.1) is 0 Å². The predicted octanol–water partition coefficient (Wildman–Crippen LogP) is 4.82. The Morgan fingerprint density at radius 3 is 2.12 bits per heavy atom. The minimum absolute atomic E-state index is 0.0407. The molecule has 1 aliphatic heterocycles. The highest BCUT2D eigenvalue weighted by Crippen LogP contribution is 2.32. The molecule has 0 aromatic heterocycles. The molecule has 0 amide bonds. The second-order valence-corrected chi connectivity index (χ2v) is 13.3. The van der Waals surface area contributed by atoms with Crippen molar-refractivity contribution in [2.45, 2.75) is 29.7 Å². The summed E-state index contributed by atoms with van der Waals surface area (Å²) in [5.74, 6) is 0. The van der Waals surface area contributed by atoms with E-state index in [1.165, 1.54) is 6.07 Å². The Kier molecular flexibility index (Phi) is 8.14. The number of likely N-dealkylation sites (N-methyl/N-ethyl adjacent to an activating group) is 1. The topological polar surface area (TPSA) is 98.8 Å². The number of nitrogens with one attached hydrogen (secondary N) is 2. The Bertz CT molecular complexity index is 1700. The number of hydrogen-bond donors (Lipinski definition) is 2. The van der Waals surface area contributed by atoms with Crippen LogP contribution in [0.1, 0.15) is 25.5 Å². The number of piperazine rings is 1. The Hall–Kier alpha value is -3.44. The van der Waals surface area contributed by atoms with Crippen molar-refractivity contribution in [3.8, 4) is 0 Å². The van der Waals surface area contributed by atoms with Crippen molar-refractivity contribution in [1.82, 2.24) is 9.62 Å². The molecule has 4 aromatic carbocycles. The van der Waals surface area contributed by atoms with Crippen LogP contribution in [-0.4, -0.2) is 54.5 Å². The minimum Gasteiger partial charge on any atom is -0.368 e. The molecule has 0 aliphatic carbocycles. The van der Waals surface area contributed by atoms with Crippen LogP contribution < -0.4 is 14.3 Å². The number of benzene rings is 4. The van der Waals surface area contributed by atoms with Crippen LogP contribution in [0.2, 0.25) is 0 Å². The molecule has 0 spiro atoms. The zero-order valence-corrected chi connectivity index (χ0v) is 24.3. The third-order valence-corrected chi connectivity index (χ3v) is 10.3. The van der Waals surface area contributed by atoms with Crippen molar-refractivity contribution < 1.29 is 16.8 Å². The molecule has 210 valence electrons. The second-order valence-electron chi connectivity index (χ2n) is 9.97. The summed E-state index contributed by atoms with van der Waals surface area (Å²) in [7, 11) is -7.99. The van der Waals surface area contributed by atoms with Gasteiger partial charge in [-0.05, 0) is 60.1 Å². The van der Waals surface area contributed by atoms with Crippen LogP contribution in [-0.2, 0) is 20.0 Å². The number of nitrogens with zero attached hydrogens (tertiary/aromatic N) is 2. The molecule has 5 rings (SSSR count). The quantitative estimate of drug-likeness (QED) is 0.296. The first-order valence-electron chi connectivity index (χ1n) is 13.4. The molecular weight excluding hydrogens is 544 g/mol. The summed E-state index contributed by atoms with van der Waals surface area (Å²) in [5.41, 5.74) is 1.56. The lowest BCUT2D eigenvalue weighted by atomic mass is 10.1. The predicted molar refractivity (Wildman–Crippen MR) is 161 cm³/mol. The summed E-state index contributed by atoms with van der Waals surface area (Å²) >= 11 is 0. The van der Waals surface area contributed by atoms with Crippen molar-refractivity contribution in [1.29, 1.82) is 0 Å². The fraction of sp³-hybridized carbons (Fsp3) is 0.267. The molecule has 1 saturated heterocycles. The Labute approximate surface area is 236 Å². The number of anilines is 2. The van der Waals surface area contributed by atoms with Gasteiger partial charge in [0.2, 0.25) is 10.0 Å². The lowest BCUT2D eigenvalue weighted by Gasteiger charge is -2.36. The number of fused-ring (bicyclic) bond motifs is 1. The van der Waals surface area contributed by atoms with Crippen LogP contribution in [0.5, 0.6) is 0 Å². The fourth-order valence-electron chi connectivity index (χ4n) is 5.01. The van der Waals surface area contributed by atoms with Crippen molar-refractivity contribution in [3.63, 3.8) is 0 Å². The van der Waals surface area contributed by atoms with Gasteiger partial charge < -0.3 is 9.80 Å². The van der Waals surface area contributed by atoms with Crippen molar-refractivity contribution in [2.75, 3.05) is 42.3 Å². The van der Waals surface area contributed by atoms with E-state index in [1.54, 1.807) is 37.3 Å². The van der Waals surface area contributed by atoms with Crippen LogP contribution in [0.3, 0.4) is 0 Å². The first kappa shape index (κ1) is 28.1. The SMILES string of the molecule is CCN1CCN(c2ccc(NS(=O)(=O)c3ccc4ccccc4c3)cc2S(=O)(=O)N[C@H](C)c2ccccc2)CC1. The van der Waals surface area contributed by atoms with Gasteiger partial charge in [-0.25, -0.2) is 21.6 Å². The van der Waals surface area contributed by atoms with Crippen LogP contribution in [0.15, 0.2) is 101 Å². The van der Waals surface area contributed by atoms with Gasteiger partial charge in [-0.1, -0.05) is 67.6 Å². The van der Waals surface area contributed by atoms with E-state index in [0.29, 0.717) is 18.8 Å². The summed E-state index contributed by atoms with van der Waals surface area (Å²) in [6.07, 6.45) is 0. The first-order valence-corrected chi connectivity index (χ1v) is 16.3. The largest absolute Gasteiger partial charge is 0.368 e. The molecule has 4 aromatic rings. The van der Waals surface area contributed by atoms with Gasteiger partial charge in [-0.2, -0.15) is 0 Å². The summed E-state index contributed by atoms with van der Waals surface area (Å²) in [5, 5.41) is 1.73. The van der Waals surface area contributed by atoms with E-state index >= 15 is 0 Å². The van der Waals surface area contributed by atoms with Crippen LogP contribution in [0.25, 0.3) is 10.8 Å². The molecule has 10 heteroatoms. The molecule has 1 atom stereocenters. The third kappa shape index (κ3) is 6.15. The van der Waals surface area contributed by atoms with E-state index in [2.05, 4.69) is 26.2 Å². The molecule has 40 heavy (non-hydrogen) atoms. The molecule has 1 aliphatic rings. The molecule has 0 radical (unpaired) electrons. The van der Waals surface area contributed by atoms with Gasteiger partial charge >= 0.3 is 0 Å². The van der Waals surface area contributed by atoms with Crippen LogP contribution >= 0.6 is 0 Å². The molecule has 0 unspecified atom stereocenters. The van der Waals surface area contributed by atoms with E-state index in [-0.39, 0.29) is 15.5 Å². The first-order chi connectivity index (χ1) is 19.2. The summed E-state index contributed by atoms with van der Waals surface area (Å²) < 4.78 is 59.7. The van der Waals surface area contributed by atoms with Crippen molar-refractivity contribution in [3.05, 3.63) is 96.6 Å². The van der Waals surface area contributed by atoms with Gasteiger partial charge in [-0.3, -0.25) is 4.72 Å². The Morgan fingerprint density at radius 1 is 0.750 bits per heavy atom. The molecule has 1 fully saturated rings. The van der Waals surface area contributed by atoms with E-state index in [9.17, 15) is 16.8 Å². The number of sulfonamides is 2. The van der Waals surface area contributed by atoms with Gasteiger partial charge in [0.15, 0.2) is 0 Å². The molecule has 8 nitrogen and oxygen atoms in total.